The number of rotatable bonds is 6. The molecule has 0 saturated carbocycles. The maximum Gasteiger partial charge on any atom is 0.341 e. The first-order valence-electron chi connectivity index (χ1n) is 6.91. The van der Waals surface area contributed by atoms with E-state index >= 15 is 0 Å². The Morgan fingerprint density at radius 2 is 1.83 bits per heavy atom. The highest BCUT2D eigenvalue weighted by molar-refractivity contribution is 9.10. The summed E-state index contributed by atoms with van der Waals surface area (Å²) >= 11 is 3.35. The lowest BCUT2D eigenvalue weighted by atomic mass is 10.2. The Bertz CT molecular complexity index is 849. The lowest BCUT2D eigenvalue weighted by Gasteiger charge is -2.21. The molecule has 0 heterocycles. The molecule has 6 nitrogen and oxygen atoms in total. The van der Waals surface area contributed by atoms with Gasteiger partial charge in [-0.25, -0.2) is 13.2 Å². The quantitative estimate of drug-likeness (QED) is 0.786. The van der Waals surface area contributed by atoms with Crippen molar-refractivity contribution in [2.45, 2.75) is 11.8 Å². The van der Waals surface area contributed by atoms with Crippen LogP contribution < -0.4 is 9.04 Å². The third kappa shape index (κ3) is 4.07. The number of hydrogen-bond donors (Lipinski definition) is 1. The maximum atomic E-state index is 12.7. The highest BCUT2D eigenvalue weighted by atomic mass is 79.9. The van der Waals surface area contributed by atoms with E-state index in [2.05, 4.69) is 15.9 Å². The van der Waals surface area contributed by atoms with Gasteiger partial charge in [-0.05, 0) is 55.0 Å². The fourth-order valence-corrected chi connectivity index (χ4v) is 3.85. The van der Waals surface area contributed by atoms with E-state index in [0.29, 0.717) is 11.4 Å². The van der Waals surface area contributed by atoms with Crippen LogP contribution in [-0.4, -0.2) is 33.1 Å². The molecule has 1 N–H and O–H groups in total. The van der Waals surface area contributed by atoms with Gasteiger partial charge >= 0.3 is 5.97 Å². The van der Waals surface area contributed by atoms with Crippen LogP contribution in [0.3, 0.4) is 0 Å². The number of sulfonamides is 1. The Morgan fingerprint density at radius 1 is 1.21 bits per heavy atom. The van der Waals surface area contributed by atoms with Crippen LogP contribution in [0.2, 0.25) is 0 Å². The Kier molecular flexibility index (Phi) is 5.51. The first kappa shape index (κ1) is 18.3. The van der Waals surface area contributed by atoms with E-state index in [1.807, 2.05) is 13.0 Å². The number of carboxylic acid groups (broad SMARTS) is 1. The van der Waals surface area contributed by atoms with E-state index in [9.17, 15) is 13.2 Å². The number of halogens is 1. The summed E-state index contributed by atoms with van der Waals surface area (Å²) < 4.78 is 32.5. The van der Waals surface area contributed by atoms with Gasteiger partial charge in [-0.3, -0.25) is 4.31 Å². The molecule has 2 rings (SSSR count). The zero-order valence-electron chi connectivity index (χ0n) is 13.1. The van der Waals surface area contributed by atoms with Crippen LogP contribution >= 0.6 is 15.9 Å². The zero-order valence-corrected chi connectivity index (χ0v) is 15.5. The summed E-state index contributed by atoms with van der Waals surface area (Å²) in [6.45, 7) is 1.35. The molecule has 0 bridgehead atoms. The molecule has 0 spiro atoms. The maximum absolute atomic E-state index is 12.7. The van der Waals surface area contributed by atoms with E-state index in [1.165, 1.54) is 35.6 Å². The second kappa shape index (κ2) is 7.23. The molecular weight excluding hydrogens is 398 g/mol. The summed E-state index contributed by atoms with van der Waals surface area (Å²) in [6, 6.07) is 11.0. The van der Waals surface area contributed by atoms with Gasteiger partial charge in [0.15, 0.2) is 6.61 Å². The number of carbonyl (C=O) groups is 1. The van der Waals surface area contributed by atoms with Gasteiger partial charge < -0.3 is 9.84 Å². The van der Waals surface area contributed by atoms with E-state index < -0.39 is 22.6 Å². The van der Waals surface area contributed by atoms with Gasteiger partial charge in [0.1, 0.15) is 5.75 Å². The largest absolute Gasteiger partial charge is 0.482 e. The first-order valence-corrected chi connectivity index (χ1v) is 9.15. The number of anilines is 1. The molecule has 0 unspecified atom stereocenters. The first-order chi connectivity index (χ1) is 11.2. The van der Waals surface area contributed by atoms with Gasteiger partial charge in [0.2, 0.25) is 0 Å². The molecule has 0 radical (unpaired) electrons. The highest BCUT2D eigenvalue weighted by Gasteiger charge is 2.22. The summed E-state index contributed by atoms with van der Waals surface area (Å²) in [7, 11) is -2.24. The average molecular weight is 414 g/mol. The summed E-state index contributed by atoms with van der Waals surface area (Å²) in [4.78, 5) is 10.6. The van der Waals surface area contributed by atoms with Crippen molar-refractivity contribution in [1.82, 2.24) is 0 Å². The van der Waals surface area contributed by atoms with Gasteiger partial charge in [-0.2, -0.15) is 0 Å². The third-order valence-corrected chi connectivity index (χ3v) is 5.62. The van der Waals surface area contributed by atoms with Gasteiger partial charge in [-0.1, -0.05) is 15.9 Å². The number of aliphatic carboxylic acids is 1. The topological polar surface area (TPSA) is 83.9 Å². The van der Waals surface area contributed by atoms with Crippen molar-refractivity contribution in [1.29, 1.82) is 0 Å². The fourth-order valence-electron chi connectivity index (χ4n) is 2.11. The van der Waals surface area contributed by atoms with Crippen LogP contribution in [0.5, 0.6) is 5.75 Å². The minimum Gasteiger partial charge on any atom is -0.482 e. The number of carboxylic acids is 1. The van der Waals surface area contributed by atoms with E-state index in [1.54, 1.807) is 12.1 Å². The second-order valence-corrected chi connectivity index (χ2v) is 7.94. The van der Waals surface area contributed by atoms with Crippen LogP contribution in [0.15, 0.2) is 51.8 Å². The molecule has 0 fully saturated rings. The molecule has 0 saturated heterocycles. The summed E-state index contributed by atoms with van der Waals surface area (Å²) in [5, 5.41) is 8.57. The van der Waals surface area contributed by atoms with Gasteiger partial charge in [-0.15, -0.1) is 0 Å². The lowest BCUT2D eigenvalue weighted by Crippen LogP contribution is -2.27. The van der Waals surface area contributed by atoms with E-state index in [0.717, 1.165) is 10.0 Å². The van der Waals surface area contributed by atoms with Crippen LogP contribution in [0.1, 0.15) is 5.56 Å². The number of ether oxygens (including phenoxy) is 1. The van der Waals surface area contributed by atoms with Crippen molar-refractivity contribution < 1.29 is 23.1 Å². The number of hydrogen-bond acceptors (Lipinski definition) is 4. The summed E-state index contributed by atoms with van der Waals surface area (Å²) in [5.41, 5.74) is 1.39. The number of aryl methyl sites for hydroxylation is 1. The molecule has 8 heteroatoms. The van der Waals surface area contributed by atoms with Crippen molar-refractivity contribution >= 4 is 37.6 Å². The fraction of sp³-hybridized carbons (Fsp3) is 0.188. The summed E-state index contributed by atoms with van der Waals surface area (Å²) in [5.74, 6) is -0.809. The second-order valence-electron chi connectivity index (χ2n) is 5.06. The Hall–Kier alpha value is -2.06. The van der Waals surface area contributed by atoms with Crippen molar-refractivity contribution in [3.63, 3.8) is 0 Å². The summed E-state index contributed by atoms with van der Waals surface area (Å²) in [6.07, 6.45) is 0. The van der Waals surface area contributed by atoms with Crippen molar-refractivity contribution in [3.05, 3.63) is 52.5 Å². The van der Waals surface area contributed by atoms with Crippen molar-refractivity contribution in [2.75, 3.05) is 18.0 Å². The zero-order chi connectivity index (χ0) is 17.9. The lowest BCUT2D eigenvalue weighted by molar-refractivity contribution is -0.139. The molecule has 24 heavy (non-hydrogen) atoms. The smallest absolute Gasteiger partial charge is 0.341 e. The van der Waals surface area contributed by atoms with E-state index in [-0.39, 0.29) is 4.90 Å². The molecule has 128 valence electrons. The van der Waals surface area contributed by atoms with Crippen LogP contribution in [0.25, 0.3) is 0 Å². The Balaban J connectivity index is 2.27. The highest BCUT2D eigenvalue weighted by Crippen LogP contribution is 2.28. The van der Waals surface area contributed by atoms with Gasteiger partial charge in [0.05, 0.1) is 10.6 Å². The minimum atomic E-state index is -3.73. The monoisotopic (exact) mass is 413 g/mol. The number of nitrogens with zero attached hydrogens (tertiary/aromatic N) is 1. The predicted molar refractivity (Wildman–Crippen MR) is 94.0 cm³/mol. The molecule has 0 aliphatic carbocycles. The van der Waals surface area contributed by atoms with Crippen molar-refractivity contribution in [2.24, 2.45) is 0 Å². The minimum absolute atomic E-state index is 0.0926. The normalized spacial score (nSPS) is 11.1. The Labute approximate surface area is 148 Å². The molecular formula is C16H16BrNO5S. The van der Waals surface area contributed by atoms with Gasteiger partial charge in [0.25, 0.3) is 10.0 Å². The standard InChI is InChI=1S/C16H16BrNO5S/c1-11-9-12(17)3-8-15(11)18(2)24(21,22)14-6-4-13(5-7-14)23-10-16(19)20/h3-9H,10H2,1-2H3,(H,19,20). The molecule has 0 atom stereocenters. The van der Waals surface area contributed by atoms with Crippen LogP contribution in [0, 0.1) is 6.92 Å². The average Bonchev–Trinajstić information content (AvgIpc) is 2.52. The Morgan fingerprint density at radius 3 is 2.38 bits per heavy atom. The predicted octanol–water partition coefficient (Wildman–Crippen LogP) is 3.05. The van der Waals surface area contributed by atoms with Crippen molar-refractivity contribution in [3.8, 4) is 5.75 Å². The SMILES string of the molecule is Cc1cc(Br)ccc1N(C)S(=O)(=O)c1ccc(OCC(=O)O)cc1. The van der Waals surface area contributed by atoms with Gasteiger partial charge in [0, 0.05) is 11.5 Å². The molecule has 2 aromatic rings. The third-order valence-electron chi connectivity index (χ3n) is 3.34. The molecule has 0 aliphatic rings. The van der Waals surface area contributed by atoms with Crippen LogP contribution in [-0.2, 0) is 14.8 Å². The van der Waals surface area contributed by atoms with Crippen LogP contribution in [0.4, 0.5) is 5.69 Å². The molecule has 2 aromatic carbocycles. The molecule has 0 amide bonds. The molecule has 0 aromatic heterocycles. The molecule has 0 aliphatic heterocycles. The van der Waals surface area contributed by atoms with E-state index in [4.69, 9.17) is 9.84 Å². The number of benzene rings is 2.